The largest absolute Gasteiger partial charge is 2.00 e. The van der Waals surface area contributed by atoms with Crippen LogP contribution in [0.3, 0.4) is 0 Å². The first-order chi connectivity index (χ1) is 9.28. The van der Waals surface area contributed by atoms with Crippen LogP contribution in [0.1, 0.15) is 7.43 Å². The summed E-state index contributed by atoms with van der Waals surface area (Å²) in [5.41, 5.74) is 2.85. The first-order valence-electron chi connectivity index (χ1n) is 4.46. The summed E-state index contributed by atoms with van der Waals surface area (Å²) in [5, 5.41) is 18.3. The maximum Gasteiger partial charge on any atom is 2.00 e. The SMILES string of the molecule is C.ClC1=CC=C=C[CH]1.O=C([O-])C(F)(F)F.O=C([O-])C(F)(F)F.[Pb+2]. The fraction of sp³-hybridized carbons (Fsp3) is 0.273. The Kier molecular flexibility index (Phi) is 17.5. The molecular weight excluding hydrogens is 553 g/mol. The molecule has 0 unspecified atom stereocenters. The minimum atomic E-state index is -5.19. The first kappa shape index (κ1) is 29.9. The average Bonchev–Trinajstić information content (AvgIpc) is 2.28. The van der Waals surface area contributed by atoms with Gasteiger partial charge in [-0.05, 0) is 18.2 Å². The Morgan fingerprint density at radius 1 is 0.957 bits per heavy atom. The van der Waals surface area contributed by atoms with Crippen molar-refractivity contribution in [2.75, 3.05) is 0 Å². The van der Waals surface area contributed by atoms with E-state index in [1.54, 1.807) is 24.6 Å². The van der Waals surface area contributed by atoms with Crippen molar-refractivity contribution >= 4 is 50.8 Å². The zero-order chi connectivity index (χ0) is 17.3. The Labute approximate surface area is 152 Å². The van der Waals surface area contributed by atoms with Gasteiger partial charge in [-0.3, -0.25) is 0 Å². The van der Waals surface area contributed by atoms with E-state index in [-0.39, 0.29) is 34.7 Å². The molecule has 0 saturated heterocycles. The predicted molar refractivity (Wildman–Crippen MR) is 65.5 cm³/mol. The molecular formula is C11H8ClF6O4Pb. The van der Waals surface area contributed by atoms with E-state index in [4.69, 9.17) is 31.4 Å². The number of alkyl halides is 6. The van der Waals surface area contributed by atoms with Crippen LogP contribution in [0.4, 0.5) is 26.3 Å². The molecule has 1 rings (SSSR count). The molecule has 0 aromatic carbocycles. The van der Waals surface area contributed by atoms with Gasteiger partial charge in [0.05, 0.1) is 0 Å². The molecule has 3 radical (unpaired) electrons. The van der Waals surface area contributed by atoms with Crippen molar-refractivity contribution in [3.63, 3.8) is 0 Å². The van der Waals surface area contributed by atoms with Crippen LogP contribution >= 0.6 is 11.6 Å². The summed E-state index contributed by atoms with van der Waals surface area (Å²) in [5.74, 6) is -6.01. The molecule has 0 saturated carbocycles. The van der Waals surface area contributed by atoms with E-state index >= 15 is 0 Å². The van der Waals surface area contributed by atoms with Gasteiger partial charge < -0.3 is 19.8 Å². The molecule has 0 spiro atoms. The Morgan fingerprint density at radius 3 is 1.35 bits per heavy atom. The molecule has 0 aromatic heterocycles. The third-order valence-electron chi connectivity index (χ3n) is 1.14. The van der Waals surface area contributed by atoms with Gasteiger partial charge in [0, 0.05) is 11.5 Å². The Morgan fingerprint density at radius 2 is 1.26 bits per heavy atom. The Balaban J connectivity index is -0.000000113. The van der Waals surface area contributed by atoms with Gasteiger partial charge >= 0.3 is 39.7 Å². The molecule has 4 nitrogen and oxygen atoms in total. The van der Waals surface area contributed by atoms with Gasteiger partial charge in [0.1, 0.15) is 11.9 Å². The van der Waals surface area contributed by atoms with Gasteiger partial charge in [0.25, 0.3) is 0 Å². The maximum absolute atomic E-state index is 10.5. The second-order valence-corrected chi connectivity index (χ2v) is 3.23. The third kappa shape index (κ3) is 21.0. The fourth-order valence-corrected chi connectivity index (χ4v) is 0.493. The normalized spacial score (nSPS) is 12.0. The van der Waals surface area contributed by atoms with Crippen LogP contribution in [0.15, 0.2) is 29.0 Å². The summed E-state index contributed by atoms with van der Waals surface area (Å²) in [7, 11) is 0. The number of aliphatic carboxylic acids is 2. The smallest absolute Gasteiger partial charge is 0.542 e. The van der Waals surface area contributed by atoms with Gasteiger partial charge in [-0.2, -0.15) is 26.3 Å². The predicted octanol–water partition coefficient (Wildman–Crippen LogP) is 0.891. The number of hydrogen-bond donors (Lipinski definition) is 0. The van der Waals surface area contributed by atoms with Crippen molar-refractivity contribution in [3.05, 3.63) is 35.4 Å². The molecule has 0 fully saturated rings. The van der Waals surface area contributed by atoms with Crippen molar-refractivity contribution < 1.29 is 46.1 Å². The van der Waals surface area contributed by atoms with Gasteiger partial charge in [0.2, 0.25) is 0 Å². The molecule has 12 heteroatoms. The topological polar surface area (TPSA) is 80.3 Å². The number of allylic oxidation sites excluding steroid dienone is 3. The summed E-state index contributed by atoms with van der Waals surface area (Å²) >= 11 is 5.52. The summed E-state index contributed by atoms with van der Waals surface area (Å²) in [6, 6.07) is 0. The van der Waals surface area contributed by atoms with E-state index in [9.17, 15) is 26.3 Å². The molecule has 1 aliphatic rings. The van der Waals surface area contributed by atoms with Crippen molar-refractivity contribution in [2.24, 2.45) is 0 Å². The van der Waals surface area contributed by atoms with Gasteiger partial charge in [0.15, 0.2) is 0 Å². The van der Waals surface area contributed by atoms with Crippen LogP contribution < -0.4 is 10.2 Å². The molecule has 1 aliphatic carbocycles. The zero-order valence-corrected chi connectivity index (χ0v) is 14.7. The van der Waals surface area contributed by atoms with Crippen LogP contribution in [0.5, 0.6) is 0 Å². The van der Waals surface area contributed by atoms with E-state index in [0.717, 1.165) is 5.03 Å². The zero-order valence-electron chi connectivity index (χ0n) is 10.1. The second-order valence-electron chi connectivity index (χ2n) is 2.79. The molecule has 0 aliphatic heterocycles. The minimum Gasteiger partial charge on any atom is -0.542 e. The number of carboxylic acids is 2. The van der Waals surface area contributed by atoms with Crippen LogP contribution in [0.25, 0.3) is 0 Å². The minimum absolute atomic E-state index is 0. The van der Waals surface area contributed by atoms with E-state index in [2.05, 4.69) is 5.73 Å². The fourth-order valence-electron chi connectivity index (χ4n) is 0.367. The van der Waals surface area contributed by atoms with Crippen LogP contribution in [-0.4, -0.2) is 51.6 Å². The Bertz CT molecular complexity index is 440. The van der Waals surface area contributed by atoms with Crippen molar-refractivity contribution in [1.82, 2.24) is 0 Å². The monoisotopic (exact) mass is 561 g/mol. The van der Waals surface area contributed by atoms with E-state index in [1.165, 1.54) is 0 Å². The van der Waals surface area contributed by atoms with Crippen LogP contribution in [0.2, 0.25) is 0 Å². The van der Waals surface area contributed by atoms with Gasteiger partial charge in [-0.25, -0.2) is 0 Å². The number of carboxylic acid groups (broad SMARTS) is 2. The van der Waals surface area contributed by atoms with E-state index in [0.29, 0.717) is 0 Å². The number of rotatable bonds is 0. The quantitative estimate of drug-likeness (QED) is 0.251. The van der Waals surface area contributed by atoms with Crippen molar-refractivity contribution in [3.8, 4) is 0 Å². The number of carbonyl (C=O) groups is 2. The third-order valence-corrected chi connectivity index (χ3v) is 1.39. The summed E-state index contributed by atoms with van der Waals surface area (Å²) in [6.07, 6.45) is -3.24. The van der Waals surface area contributed by atoms with Gasteiger partial charge in [-0.1, -0.05) is 19.0 Å². The van der Waals surface area contributed by atoms with E-state index < -0.39 is 24.3 Å². The standard InChI is InChI=1S/C6H4Cl.2C2HF3O2.CH4.Pb/c7-6-4-2-1-3-5-6;2*3-2(4,5)1(6)7;;/h2-5H;2*(H,6,7);1H4;/q;;;;+2/p-2. The molecule has 0 aromatic rings. The molecule has 129 valence electrons. The van der Waals surface area contributed by atoms with Crippen LogP contribution in [-0.2, 0) is 9.59 Å². The summed E-state index contributed by atoms with van der Waals surface area (Å²) in [4.78, 5) is 17.6. The van der Waals surface area contributed by atoms with Gasteiger partial charge in [-0.15, -0.1) is 5.73 Å². The molecule has 0 heterocycles. The summed E-state index contributed by atoms with van der Waals surface area (Å²) in [6.45, 7) is 0. The number of carbonyl (C=O) groups excluding carboxylic acids is 2. The summed E-state index contributed by atoms with van der Waals surface area (Å²) < 4.78 is 63.1. The molecule has 0 N–H and O–H groups in total. The van der Waals surface area contributed by atoms with Crippen molar-refractivity contribution in [1.29, 1.82) is 0 Å². The number of hydrogen-bond acceptors (Lipinski definition) is 4. The van der Waals surface area contributed by atoms with Crippen LogP contribution in [0, 0.1) is 6.42 Å². The first-order valence-corrected chi connectivity index (χ1v) is 4.84. The maximum atomic E-state index is 10.5. The Hall–Kier alpha value is -1.01. The number of halogens is 7. The average molecular weight is 561 g/mol. The molecule has 23 heavy (non-hydrogen) atoms. The molecule has 0 bridgehead atoms. The van der Waals surface area contributed by atoms with Crippen molar-refractivity contribution in [2.45, 2.75) is 19.8 Å². The molecule has 0 atom stereocenters. The molecule has 0 amide bonds. The van der Waals surface area contributed by atoms with E-state index in [1.807, 2.05) is 0 Å². The second kappa shape index (κ2) is 13.4.